The van der Waals surface area contributed by atoms with Gasteiger partial charge in [0, 0.05) is 10.3 Å². The van der Waals surface area contributed by atoms with E-state index in [9.17, 15) is 4.39 Å². The minimum absolute atomic E-state index is 0.168. The number of thiophene rings is 1. The van der Waals surface area contributed by atoms with Crippen LogP contribution >= 0.6 is 23.1 Å². The molecule has 0 fully saturated rings. The van der Waals surface area contributed by atoms with E-state index in [1.54, 1.807) is 35.9 Å². The van der Waals surface area contributed by atoms with Crippen LogP contribution in [0.5, 0.6) is 0 Å². The van der Waals surface area contributed by atoms with Gasteiger partial charge in [-0.15, -0.1) is 21.5 Å². The highest BCUT2D eigenvalue weighted by Crippen LogP contribution is 2.41. The number of hydrogen-bond donors (Lipinski definition) is 0. The summed E-state index contributed by atoms with van der Waals surface area (Å²) in [6, 6.07) is 6.35. The first-order valence-electron chi connectivity index (χ1n) is 7.81. The Kier molecular flexibility index (Phi) is 3.53. The molecule has 0 atom stereocenters. The van der Waals surface area contributed by atoms with E-state index >= 15 is 0 Å². The summed E-state index contributed by atoms with van der Waals surface area (Å²) in [6.45, 7) is 0. The van der Waals surface area contributed by atoms with E-state index < -0.39 is 0 Å². The summed E-state index contributed by atoms with van der Waals surface area (Å²) in [6.07, 6.45) is 4.90. The van der Waals surface area contributed by atoms with Crippen LogP contribution in [0.2, 0.25) is 0 Å². The zero-order valence-electron chi connectivity index (χ0n) is 12.9. The van der Waals surface area contributed by atoms with Gasteiger partial charge in [0.25, 0.3) is 11.1 Å². The van der Waals surface area contributed by atoms with E-state index in [2.05, 4.69) is 20.2 Å². The Morgan fingerprint density at radius 1 is 1.12 bits per heavy atom. The summed E-state index contributed by atoms with van der Waals surface area (Å²) in [5.41, 5.74) is 1.64. The maximum absolute atomic E-state index is 13.9. The van der Waals surface area contributed by atoms with Gasteiger partial charge in [-0.25, -0.2) is 14.4 Å². The van der Waals surface area contributed by atoms with E-state index in [-0.39, 0.29) is 11.7 Å². The molecule has 0 aliphatic heterocycles. The summed E-state index contributed by atoms with van der Waals surface area (Å²) in [7, 11) is 0. The second kappa shape index (κ2) is 5.89. The summed E-state index contributed by atoms with van der Waals surface area (Å²) < 4.78 is 19.5. The number of nitrogens with zero attached hydrogens (tertiary/aromatic N) is 4. The van der Waals surface area contributed by atoms with Crippen molar-refractivity contribution in [2.24, 2.45) is 0 Å². The standard InChI is InChI=1S/C17H11FN4OS2/c18-11-6-2-1-4-9(11)14-21-22-17(23-14)25-16-13-10-5-3-7-12(10)24-15(13)19-8-20-16/h1-2,4,6,8H,3,5,7H2. The summed E-state index contributed by atoms with van der Waals surface area (Å²) in [4.78, 5) is 11.2. The van der Waals surface area contributed by atoms with Crippen molar-refractivity contribution in [3.05, 3.63) is 46.9 Å². The Hall–Kier alpha value is -2.32. The second-order valence-corrected chi connectivity index (χ2v) is 7.70. The SMILES string of the molecule is Fc1ccccc1-c1nnc(Sc2ncnc3sc4c(c23)CCC4)o1. The predicted octanol–water partition coefficient (Wildman–Crippen LogP) is 4.52. The molecule has 25 heavy (non-hydrogen) atoms. The number of aryl methyl sites for hydroxylation is 2. The van der Waals surface area contributed by atoms with E-state index in [1.165, 1.54) is 34.7 Å². The minimum atomic E-state index is -0.386. The molecule has 4 aromatic rings. The number of benzene rings is 1. The van der Waals surface area contributed by atoms with Crippen LogP contribution < -0.4 is 0 Å². The van der Waals surface area contributed by atoms with Crippen LogP contribution in [-0.4, -0.2) is 20.2 Å². The molecule has 5 rings (SSSR count). The zero-order valence-corrected chi connectivity index (χ0v) is 14.5. The van der Waals surface area contributed by atoms with Gasteiger partial charge in [-0.3, -0.25) is 0 Å². The molecule has 0 N–H and O–H groups in total. The van der Waals surface area contributed by atoms with Crippen molar-refractivity contribution in [3.8, 4) is 11.5 Å². The molecule has 0 radical (unpaired) electrons. The third kappa shape index (κ3) is 2.52. The van der Waals surface area contributed by atoms with Crippen LogP contribution in [0.3, 0.4) is 0 Å². The number of aromatic nitrogens is 4. The molecule has 0 bridgehead atoms. The van der Waals surface area contributed by atoms with Crippen molar-refractivity contribution in [1.29, 1.82) is 0 Å². The number of fused-ring (bicyclic) bond motifs is 3. The van der Waals surface area contributed by atoms with Crippen LogP contribution in [0.15, 0.2) is 45.3 Å². The van der Waals surface area contributed by atoms with Crippen molar-refractivity contribution in [3.63, 3.8) is 0 Å². The number of rotatable bonds is 3. The maximum atomic E-state index is 13.9. The van der Waals surface area contributed by atoms with Crippen LogP contribution in [0.1, 0.15) is 16.9 Å². The van der Waals surface area contributed by atoms with Crippen LogP contribution in [0, 0.1) is 5.82 Å². The van der Waals surface area contributed by atoms with Gasteiger partial charge < -0.3 is 4.42 Å². The van der Waals surface area contributed by atoms with Gasteiger partial charge in [0.15, 0.2) is 0 Å². The fourth-order valence-corrected chi connectivity index (χ4v) is 5.14. The molecule has 124 valence electrons. The molecule has 8 heteroatoms. The summed E-state index contributed by atoms with van der Waals surface area (Å²) >= 11 is 3.04. The molecule has 0 amide bonds. The van der Waals surface area contributed by atoms with Crippen molar-refractivity contribution < 1.29 is 8.81 Å². The Morgan fingerprint density at radius 2 is 2.04 bits per heavy atom. The molecule has 1 aliphatic rings. The van der Waals surface area contributed by atoms with Gasteiger partial charge in [0.2, 0.25) is 0 Å². The highest BCUT2D eigenvalue weighted by atomic mass is 32.2. The molecular formula is C17H11FN4OS2. The maximum Gasteiger partial charge on any atom is 0.283 e. The lowest BCUT2D eigenvalue weighted by Gasteiger charge is -2.00. The van der Waals surface area contributed by atoms with Gasteiger partial charge in [-0.2, -0.15) is 0 Å². The van der Waals surface area contributed by atoms with E-state index in [0.717, 1.165) is 28.1 Å². The lowest BCUT2D eigenvalue weighted by atomic mass is 10.2. The van der Waals surface area contributed by atoms with E-state index in [1.807, 2.05) is 0 Å². The highest BCUT2D eigenvalue weighted by molar-refractivity contribution is 7.99. The molecule has 0 unspecified atom stereocenters. The van der Waals surface area contributed by atoms with Gasteiger partial charge >= 0.3 is 0 Å². The van der Waals surface area contributed by atoms with Gasteiger partial charge in [0.05, 0.1) is 5.56 Å². The summed E-state index contributed by atoms with van der Waals surface area (Å²) in [5, 5.41) is 10.3. The van der Waals surface area contributed by atoms with Crippen molar-refractivity contribution >= 4 is 33.3 Å². The fourth-order valence-electron chi connectivity index (χ4n) is 3.05. The third-order valence-corrected chi connectivity index (χ3v) is 6.20. The molecule has 0 spiro atoms. The number of hydrogen-bond acceptors (Lipinski definition) is 7. The van der Waals surface area contributed by atoms with E-state index in [4.69, 9.17) is 4.42 Å². The highest BCUT2D eigenvalue weighted by Gasteiger charge is 2.23. The first-order chi connectivity index (χ1) is 12.3. The first kappa shape index (κ1) is 15.0. The van der Waals surface area contributed by atoms with Crippen molar-refractivity contribution in [2.75, 3.05) is 0 Å². The van der Waals surface area contributed by atoms with Crippen molar-refractivity contribution in [2.45, 2.75) is 29.5 Å². The largest absolute Gasteiger partial charge is 0.411 e. The molecule has 3 aromatic heterocycles. The molecule has 5 nitrogen and oxygen atoms in total. The Morgan fingerprint density at radius 3 is 2.96 bits per heavy atom. The normalized spacial score (nSPS) is 13.5. The molecular weight excluding hydrogens is 359 g/mol. The lowest BCUT2D eigenvalue weighted by Crippen LogP contribution is -1.87. The smallest absolute Gasteiger partial charge is 0.283 e. The van der Waals surface area contributed by atoms with Gasteiger partial charge in [-0.05, 0) is 48.7 Å². The van der Waals surface area contributed by atoms with Crippen molar-refractivity contribution in [1.82, 2.24) is 20.2 Å². The zero-order chi connectivity index (χ0) is 16.8. The van der Waals surface area contributed by atoms with Crippen LogP contribution in [-0.2, 0) is 12.8 Å². The van der Waals surface area contributed by atoms with E-state index in [0.29, 0.717) is 10.8 Å². The number of halogens is 1. The third-order valence-electron chi connectivity index (χ3n) is 4.16. The Bertz CT molecular complexity index is 1090. The Balaban J connectivity index is 1.53. The Labute approximate surface area is 150 Å². The topological polar surface area (TPSA) is 64.7 Å². The fraction of sp³-hybridized carbons (Fsp3) is 0.176. The lowest BCUT2D eigenvalue weighted by molar-refractivity contribution is 0.462. The quantitative estimate of drug-likeness (QED) is 0.494. The molecule has 0 saturated carbocycles. The molecule has 1 aliphatic carbocycles. The monoisotopic (exact) mass is 370 g/mol. The average molecular weight is 370 g/mol. The van der Waals surface area contributed by atoms with Crippen LogP contribution in [0.25, 0.3) is 21.7 Å². The predicted molar refractivity (Wildman–Crippen MR) is 93.3 cm³/mol. The molecule has 3 heterocycles. The minimum Gasteiger partial charge on any atom is -0.411 e. The van der Waals surface area contributed by atoms with Crippen LogP contribution in [0.4, 0.5) is 4.39 Å². The first-order valence-corrected chi connectivity index (χ1v) is 9.44. The summed E-state index contributed by atoms with van der Waals surface area (Å²) in [5.74, 6) is -0.218. The van der Waals surface area contributed by atoms with Gasteiger partial charge in [0.1, 0.15) is 22.0 Å². The molecule has 0 saturated heterocycles. The van der Waals surface area contributed by atoms with Gasteiger partial charge in [-0.1, -0.05) is 12.1 Å². The average Bonchev–Trinajstić information content (AvgIpc) is 3.31. The molecule has 1 aromatic carbocycles. The second-order valence-electron chi connectivity index (χ2n) is 5.67.